The fourth-order valence-electron chi connectivity index (χ4n) is 2.91. The number of aromatic amines is 1. The van der Waals surface area contributed by atoms with Crippen molar-refractivity contribution in [2.45, 2.75) is 19.3 Å². The summed E-state index contributed by atoms with van der Waals surface area (Å²) in [5.41, 5.74) is 0.322. The lowest BCUT2D eigenvalue weighted by atomic mass is 10.0. The number of hydrogen-bond donors (Lipinski definition) is 4. The highest BCUT2D eigenvalue weighted by atomic mass is 79.9. The maximum absolute atomic E-state index is 12.3. The Kier molecular flexibility index (Phi) is 7.30. The molecule has 0 saturated carbocycles. The van der Waals surface area contributed by atoms with Gasteiger partial charge in [-0.3, -0.25) is 9.89 Å². The zero-order chi connectivity index (χ0) is 19.9. The third kappa shape index (κ3) is 5.46. The molecule has 1 saturated heterocycles. The van der Waals surface area contributed by atoms with Crippen LogP contribution >= 0.6 is 27.5 Å². The Morgan fingerprint density at radius 2 is 2.14 bits per heavy atom. The predicted octanol–water partition coefficient (Wildman–Crippen LogP) is 3.56. The smallest absolute Gasteiger partial charge is 0.388 e. The van der Waals surface area contributed by atoms with E-state index in [0.29, 0.717) is 27.5 Å². The van der Waals surface area contributed by atoms with E-state index >= 15 is 0 Å². The molecule has 1 aromatic heterocycles. The number of carbonyl (C=O) groups is 2. The van der Waals surface area contributed by atoms with Crippen LogP contribution in [0, 0.1) is 5.92 Å². The van der Waals surface area contributed by atoms with Crippen LogP contribution in [0.2, 0.25) is 5.02 Å². The molecule has 2 aromatic rings. The molecule has 8 nitrogen and oxygen atoms in total. The number of benzene rings is 1. The summed E-state index contributed by atoms with van der Waals surface area (Å²) in [7, 11) is 0. The van der Waals surface area contributed by atoms with Crippen LogP contribution < -0.4 is 20.7 Å². The first-order chi connectivity index (χ1) is 13.5. The Morgan fingerprint density at radius 3 is 2.96 bits per heavy atom. The third-order valence-electron chi connectivity index (χ3n) is 4.41. The molecule has 0 spiro atoms. The lowest BCUT2D eigenvalue weighted by Crippen LogP contribution is -2.35. The first-order valence-corrected chi connectivity index (χ1v) is 10.2. The Hall–Kier alpha value is -2.10. The Morgan fingerprint density at radius 1 is 1.32 bits per heavy atom. The van der Waals surface area contributed by atoms with Crippen LogP contribution in [-0.2, 0) is 0 Å². The summed E-state index contributed by atoms with van der Waals surface area (Å²) in [6.45, 7) is 2.43. The van der Waals surface area contributed by atoms with E-state index in [9.17, 15) is 9.59 Å². The maximum Gasteiger partial charge on any atom is 0.414 e. The van der Waals surface area contributed by atoms with E-state index in [-0.39, 0.29) is 11.7 Å². The van der Waals surface area contributed by atoms with Gasteiger partial charge in [-0.15, -0.1) is 5.10 Å². The van der Waals surface area contributed by atoms with Crippen molar-refractivity contribution < 1.29 is 14.3 Å². The number of halogens is 2. The number of hydrogen-bond acceptors (Lipinski definition) is 5. The zero-order valence-electron chi connectivity index (χ0n) is 15.1. The molecule has 0 bridgehead atoms. The van der Waals surface area contributed by atoms with Crippen LogP contribution in [0.15, 0.2) is 28.7 Å². The largest absolute Gasteiger partial charge is 0.414 e. The van der Waals surface area contributed by atoms with Crippen LogP contribution in [-0.4, -0.2) is 41.8 Å². The summed E-state index contributed by atoms with van der Waals surface area (Å²) in [5.74, 6) is 0.265. The molecule has 0 radical (unpaired) electrons. The van der Waals surface area contributed by atoms with Crippen molar-refractivity contribution in [2.75, 3.05) is 25.0 Å². The molecule has 1 aromatic carbocycles. The highest BCUT2D eigenvalue weighted by molar-refractivity contribution is 9.10. The number of aromatic nitrogens is 2. The second kappa shape index (κ2) is 9.90. The van der Waals surface area contributed by atoms with Crippen LogP contribution in [0.25, 0.3) is 0 Å². The fourth-order valence-corrected chi connectivity index (χ4v) is 3.48. The summed E-state index contributed by atoms with van der Waals surface area (Å²) in [4.78, 5) is 24.4. The minimum atomic E-state index is -0.597. The van der Waals surface area contributed by atoms with Crippen molar-refractivity contribution in [2.24, 2.45) is 5.92 Å². The van der Waals surface area contributed by atoms with Gasteiger partial charge in [-0.2, -0.15) is 0 Å². The topological polar surface area (TPSA) is 108 Å². The molecule has 1 fully saturated rings. The van der Waals surface area contributed by atoms with E-state index in [1.165, 1.54) is 0 Å². The number of amides is 2. The van der Waals surface area contributed by atoms with Crippen molar-refractivity contribution in [3.63, 3.8) is 0 Å². The van der Waals surface area contributed by atoms with Crippen molar-refractivity contribution in [3.8, 4) is 5.88 Å². The molecular formula is C18H21BrClN5O3. The number of nitrogens with one attached hydrogen (secondary N) is 4. The van der Waals surface area contributed by atoms with Crippen molar-refractivity contribution in [1.29, 1.82) is 0 Å². The number of ether oxygens (including phenoxy) is 1. The summed E-state index contributed by atoms with van der Waals surface area (Å²) >= 11 is 9.31. The number of nitrogens with zero attached hydrogens (tertiary/aromatic N) is 1. The lowest BCUT2D eigenvalue weighted by molar-refractivity contribution is 0.102. The van der Waals surface area contributed by atoms with E-state index in [2.05, 4.69) is 42.1 Å². The normalized spacial score (nSPS) is 16.9. The third-order valence-corrected chi connectivity index (χ3v) is 5.47. The molecule has 2 amide bonds. The quantitative estimate of drug-likeness (QED) is 0.534. The van der Waals surface area contributed by atoms with Gasteiger partial charge in [0.05, 0.1) is 10.6 Å². The van der Waals surface area contributed by atoms with Crippen LogP contribution in [0.5, 0.6) is 5.88 Å². The molecule has 1 aliphatic heterocycles. The van der Waals surface area contributed by atoms with Gasteiger partial charge in [0.1, 0.15) is 10.3 Å². The van der Waals surface area contributed by atoms with Gasteiger partial charge >= 0.3 is 6.09 Å². The van der Waals surface area contributed by atoms with E-state index in [1.54, 1.807) is 24.3 Å². The summed E-state index contributed by atoms with van der Waals surface area (Å²) in [5, 5.41) is 15.6. The molecule has 28 heavy (non-hydrogen) atoms. The molecule has 1 aliphatic rings. The SMILES string of the molecule is O=C(NCC1CCCCNC1)Oc1n[nH]c(NC(=O)c2ccccc2Cl)c1Br. The van der Waals surface area contributed by atoms with E-state index in [4.69, 9.17) is 16.3 Å². The average molecular weight is 471 g/mol. The second-order valence-corrected chi connectivity index (χ2v) is 7.69. The Bertz CT molecular complexity index is 836. The van der Waals surface area contributed by atoms with Crippen molar-refractivity contribution in [3.05, 3.63) is 39.3 Å². The first-order valence-electron chi connectivity index (χ1n) is 9.00. The molecule has 4 N–H and O–H groups in total. The standard InChI is InChI=1S/C18H21BrClN5O3/c19-14-15(23-16(26)12-6-1-2-7-13(12)20)24-25-17(14)28-18(27)22-10-11-5-3-4-8-21-9-11/h1-2,6-7,11,21H,3-5,8-10H2,(H,22,27)(H2,23,24,25,26). The molecule has 150 valence electrons. The lowest BCUT2D eigenvalue weighted by Gasteiger charge is -2.14. The minimum absolute atomic E-state index is 0.0333. The first kappa shape index (κ1) is 20.6. The highest BCUT2D eigenvalue weighted by Crippen LogP contribution is 2.30. The summed E-state index contributed by atoms with van der Waals surface area (Å²) in [6, 6.07) is 6.68. The zero-order valence-corrected chi connectivity index (χ0v) is 17.4. The van der Waals surface area contributed by atoms with Crippen LogP contribution in [0.4, 0.5) is 10.6 Å². The maximum atomic E-state index is 12.3. The molecule has 1 atom stereocenters. The minimum Gasteiger partial charge on any atom is -0.388 e. The van der Waals surface area contributed by atoms with Crippen molar-refractivity contribution >= 4 is 45.3 Å². The second-order valence-electron chi connectivity index (χ2n) is 6.49. The van der Waals surface area contributed by atoms with Gasteiger partial charge in [-0.05, 0) is 59.9 Å². The van der Waals surface area contributed by atoms with E-state index in [0.717, 1.165) is 32.4 Å². The van der Waals surface area contributed by atoms with E-state index in [1.807, 2.05) is 0 Å². The summed E-state index contributed by atoms with van der Waals surface area (Å²) < 4.78 is 5.55. The molecule has 2 heterocycles. The van der Waals surface area contributed by atoms with E-state index < -0.39 is 12.0 Å². The van der Waals surface area contributed by atoms with Gasteiger partial charge in [0, 0.05) is 6.54 Å². The number of carbonyl (C=O) groups excluding carboxylic acids is 2. The molecular weight excluding hydrogens is 450 g/mol. The van der Waals surface area contributed by atoms with Crippen molar-refractivity contribution in [1.82, 2.24) is 20.8 Å². The van der Waals surface area contributed by atoms with Gasteiger partial charge in [-0.1, -0.05) is 30.2 Å². The number of anilines is 1. The van der Waals surface area contributed by atoms with Gasteiger partial charge in [0.25, 0.3) is 11.8 Å². The molecule has 0 aliphatic carbocycles. The monoisotopic (exact) mass is 469 g/mol. The predicted molar refractivity (Wildman–Crippen MR) is 110 cm³/mol. The molecule has 3 rings (SSSR count). The number of H-pyrrole nitrogens is 1. The van der Waals surface area contributed by atoms with Gasteiger partial charge in [-0.25, -0.2) is 4.79 Å². The van der Waals surface area contributed by atoms with Crippen LogP contribution in [0.3, 0.4) is 0 Å². The summed E-state index contributed by atoms with van der Waals surface area (Å²) in [6.07, 6.45) is 2.77. The fraction of sp³-hybridized carbons (Fsp3) is 0.389. The molecule has 10 heteroatoms. The number of rotatable bonds is 5. The average Bonchev–Trinajstić information content (AvgIpc) is 2.89. The molecule has 1 unspecified atom stereocenters. The van der Waals surface area contributed by atoms with Crippen LogP contribution in [0.1, 0.15) is 29.6 Å². The highest BCUT2D eigenvalue weighted by Gasteiger charge is 2.19. The van der Waals surface area contributed by atoms with Gasteiger partial charge in [0.15, 0.2) is 0 Å². The van der Waals surface area contributed by atoms with Gasteiger partial charge < -0.3 is 20.7 Å². The van der Waals surface area contributed by atoms with Gasteiger partial charge in [0.2, 0.25) is 0 Å². The Labute approximate surface area is 175 Å². The Balaban J connectivity index is 1.54.